The fourth-order valence-electron chi connectivity index (χ4n) is 2.08. The van der Waals surface area contributed by atoms with Gasteiger partial charge in [-0.05, 0) is 43.3 Å². The second kappa shape index (κ2) is 6.47. The van der Waals surface area contributed by atoms with E-state index in [9.17, 15) is 0 Å². The van der Waals surface area contributed by atoms with Gasteiger partial charge in [-0.2, -0.15) is 0 Å². The summed E-state index contributed by atoms with van der Waals surface area (Å²) < 4.78 is 5.91. The molecule has 0 saturated carbocycles. The highest BCUT2D eigenvalue weighted by Crippen LogP contribution is 2.30. The Morgan fingerprint density at radius 1 is 1.11 bits per heavy atom. The van der Waals surface area contributed by atoms with E-state index in [2.05, 4.69) is 19.2 Å². The second-order valence-electron chi connectivity index (χ2n) is 4.38. The third-order valence-electron chi connectivity index (χ3n) is 2.98. The summed E-state index contributed by atoms with van der Waals surface area (Å²) in [6.45, 7) is 5.13. The Hall–Kier alpha value is -0.960. The molecule has 0 spiro atoms. The summed E-state index contributed by atoms with van der Waals surface area (Å²) in [5.41, 5.74) is 0.898. The van der Waals surface area contributed by atoms with E-state index in [1.54, 1.807) is 6.07 Å². The first-order chi connectivity index (χ1) is 9.13. The predicted octanol–water partition coefficient (Wildman–Crippen LogP) is 5.31. The van der Waals surface area contributed by atoms with Crippen LogP contribution in [0.5, 0.6) is 0 Å². The molecule has 0 saturated heterocycles. The van der Waals surface area contributed by atoms with E-state index in [0.717, 1.165) is 30.0 Å². The molecule has 1 heterocycles. The van der Waals surface area contributed by atoms with Crippen LogP contribution >= 0.6 is 23.2 Å². The van der Waals surface area contributed by atoms with Crippen LogP contribution in [0.4, 0.5) is 0 Å². The minimum atomic E-state index is 0.244. The van der Waals surface area contributed by atoms with Crippen LogP contribution in [-0.2, 0) is 0 Å². The standard InChI is InChI=1S/C15H17Cl2NO/c1-3-13(18-4-2)15-6-5-14(19-15)10-7-11(16)9-12(17)8-10/h5-9,13,18H,3-4H2,1-2H3. The van der Waals surface area contributed by atoms with Crippen molar-refractivity contribution in [2.75, 3.05) is 6.54 Å². The van der Waals surface area contributed by atoms with Gasteiger partial charge < -0.3 is 9.73 Å². The summed E-state index contributed by atoms with van der Waals surface area (Å²) in [5, 5.41) is 4.61. The van der Waals surface area contributed by atoms with Gasteiger partial charge in [0.05, 0.1) is 6.04 Å². The lowest BCUT2D eigenvalue weighted by Gasteiger charge is -2.12. The summed E-state index contributed by atoms with van der Waals surface area (Å²) in [5.74, 6) is 1.73. The van der Waals surface area contributed by atoms with Gasteiger partial charge in [-0.25, -0.2) is 0 Å². The first-order valence-electron chi connectivity index (χ1n) is 6.43. The zero-order valence-electron chi connectivity index (χ0n) is 11.0. The molecule has 2 aromatic rings. The molecule has 2 rings (SSSR count). The van der Waals surface area contributed by atoms with Crippen LogP contribution in [0, 0.1) is 0 Å². The Bertz CT molecular complexity index is 531. The van der Waals surface area contributed by atoms with E-state index in [0.29, 0.717) is 10.0 Å². The summed E-state index contributed by atoms with van der Waals surface area (Å²) in [6, 6.07) is 9.62. The number of hydrogen-bond donors (Lipinski definition) is 1. The van der Waals surface area contributed by atoms with Crippen LogP contribution < -0.4 is 5.32 Å². The SMILES string of the molecule is CCNC(CC)c1ccc(-c2cc(Cl)cc(Cl)c2)o1. The summed E-state index contributed by atoms with van der Waals surface area (Å²) in [4.78, 5) is 0. The lowest BCUT2D eigenvalue weighted by atomic mass is 10.1. The topological polar surface area (TPSA) is 25.2 Å². The summed E-state index contributed by atoms with van der Waals surface area (Å²) >= 11 is 12.0. The number of nitrogens with one attached hydrogen (secondary N) is 1. The van der Waals surface area contributed by atoms with Gasteiger partial charge in [0.15, 0.2) is 0 Å². The molecule has 0 aliphatic heterocycles. The van der Waals surface area contributed by atoms with Crippen molar-refractivity contribution >= 4 is 23.2 Å². The van der Waals surface area contributed by atoms with Crippen molar-refractivity contribution in [2.45, 2.75) is 26.3 Å². The van der Waals surface area contributed by atoms with Crippen LogP contribution in [0.1, 0.15) is 32.1 Å². The predicted molar refractivity (Wildman–Crippen MR) is 80.9 cm³/mol. The van der Waals surface area contributed by atoms with Crippen LogP contribution in [0.3, 0.4) is 0 Å². The molecule has 2 nitrogen and oxygen atoms in total. The number of furan rings is 1. The fourth-order valence-corrected chi connectivity index (χ4v) is 2.61. The maximum atomic E-state index is 6.01. The Kier molecular flexibility index (Phi) is 4.92. The highest BCUT2D eigenvalue weighted by Gasteiger charge is 2.13. The van der Waals surface area contributed by atoms with Crippen LogP contribution in [0.15, 0.2) is 34.7 Å². The maximum Gasteiger partial charge on any atom is 0.134 e. The first-order valence-corrected chi connectivity index (χ1v) is 7.19. The minimum absolute atomic E-state index is 0.244. The molecule has 19 heavy (non-hydrogen) atoms. The number of halogens is 2. The molecule has 1 N–H and O–H groups in total. The highest BCUT2D eigenvalue weighted by molar-refractivity contribution is 6.35. The van der Waals surface area contributed by atoms with Crippen molar-refractivity contribution in [1.29, 1.82) is 0 Å². The number of rotatable bonds is 5. The molecule has 0 amide bonds. The maximum absolute atomic E-state index is 6.01. The molecule has 0 aliphatic carbocycles. The Balaban J connectivity index is 2.29. The third-order valence-corrected chi connectivity index (χ3v) is 3.41. The fraction of sp³-hybridized carbons (Fsp3) is 0.333. The average Bonchev–Trinajstić information content (AvgIpc) is 2.84. The zero-order chi connectivity index (χ0) is 13.8. The van der Waals surface area contributed by atoms with Crippen LogP contribution in [0.2, 0.25) is 10.0 Å². The van der Waals surface area contributed by atoms with Gasteiger partial charge in [0.1, 0.15) is 11.5 Å². The van der Waals surface area contributed by atoms with E-state index in [1.807, 2.05) is 24.3 Å². The lowest BCUT2D eigenvalue weighted by Crippen LogP contribution is -2.19. The van der Waals surface area contributed by atoms with Gasteiger partial charge in [0, 0.05) is 15.6 Å². The van der Waals surface area contributed by atoms with E-state index in [4.69, 9.17) is 27.6 Å². The summed E-state index contributed by atoms with van der Waals surface area (Å²) in [7, 11) is 0. The molecule has 1 aromatic carbocycles. The normalized spacial score (nSPS) is 12.6. The molecule has 1 unspecified atom stereocenters. The number of benzene rings is 1. The molecular formula is C15H17Cl2NO. The molecule has 0 fully saturated rings. The van der Waals surface area contributed by atoms with Gasteiger partial charge in [-0.1, -0.05) is 37.0 Å². The number of hydrogen-bond acceptors (Lipinski definition) is 2. The largest absolute Gasteiger partial charge is 0.459 e. The molecule has 0 radical (unpaired) electrons. The smallest absolute Gasteiger partial charge is 0.134 e. The van der Waals surface area contributed by atoms with E-state index in [-0.39, 0.29) is 6.04 Å². The molecule has 4 heteroatoms. The van der Waals surface area contributed by atoms with Crippen LogP contribution in [-0.4, -0.2) is 6.54 Å². The van der Waals surface area contributed by atoms with Gasteiger partial charge in [-0.3, -0.25) is 0 Å². The van der Waals surface area contributed by atoms with Crippen molar-refractivity contribution in [3.05, 3.63) is 46.1 Å². The second-order valence-corrected chi connectivity index (χ2v) is 5.25. The third kappa shape index (κ3) is 3.53. The van der Waals surface area contributed by atoms with Gasteiger partial charge in [0.25, 0.3) is 0 Å². The van der Waals surface area contributed by atoms with Gasteiger partial charge >= 0.3 is 0 Å². The average molecular weight is 298 g/mol. The Morgan fingerprint density at radius 3 is 2.37 bits per heavy atom. The van der Waals surface area contributed by atoms with Gasteiger partial charge in [-0.15, -0.1) is 0 Å². The quantitative estimate of drug-likeness (QED) is 0.808. The van der Waals surface area contributed by atoms with Crippen molar-refractivity contribution in [1.82, 2.24) is 5.32 Å². The van der Waals surface area contributed by atoms with E-state index >= 15 is 0 Å². The molecule has 1 atom stereocenters. The van der Waals surface area contributed by atoms with Crippen molar-refractivity contribution in [3.63, 3.8) is 0 Å². The minimum Gasteiger partial charge on any atom is -0.459 e. The molecule has 102 valence electrons. The highest BCUT2D eigenvalue weighted by atomic mass is 35.5. The van der Waals surface area contributed by atoms with Gasteiger partial charge in [0.2, 0.25) is 0 Å². The zero-order valence-corrected chi connectivity index (χ0v) is 12.6. The van der Waals surface area contributed by atoms with Crippen LogP contribution in [0.25, 0.3) is 11.3 Å². The lowest BCUT2D eigenvalue weighted by molar-refractivity contribution is 0.417. The first kappa shape index (κ1) is 14.4. The van der Waals surface area contributed by atoms with Crippen molar-refractivity contribution in [2.24, 2.45) is 0 Å². The van der Waals surface area contributed by atoms with Crippen molar-refractivity contribution in [3.8, 4) is 11.3 Å². The van der Waals surface area contributed by atoms with E-state index in [1.165, 1.54) is 0 Å². The molecule has 1 aromatic heterocycles. The monoisotopic (exact) mass is 297 g/mol. The molecule has 0 aliphatic rings. The Morgan fingerprint density at radius 2 is 1.79 bits per heavy atom. The molecule has 0 bridgehead atoms. The Labute approximate surface area is 123 Å². The summed E-state index contributed by atoms with van der Waals surface area (Å²) in [6.07, 6.45) is 0.983. The van der Waals surface area contributed by atoms with Crippen molar-refractivity contribution < 1.29 is 4.42 Å². The van der Waals surface area contributed by atoms with E-state index < -0.39 is 0 Å². The molecular weight excluding hydrogens is 281 g/mol.